The molecule has 4 aromatic carbocycles. The first kappa shape index (κ1) is 25.0. The average Bonchev–Trinajstić information content (AvgIpc) is 2.88. The Morgan fingerprint density at radius 2 is 0.909 bits per heavy atom. The second kappa shape index (κ2) is 12.6. The van der Waals surface area contributed by atoms with Crippen molar-refractivity contribution in [1.29, 1.82) is 0 Å². The van der Waals surface area contributed by atoms with Crippen LogP contribution in [0, 0.1) is 0 Å². The van der Waals surface area contributed by atoms with Gasteiger partial charge in [-0.25, -0.2) is 0 Å². The molecule has 0 aliphatic carbocycles. The van der Waals surface area contributed by atoms with E-state index in [2.05, 4.69) is 140 Å². The molecule has 0 aromatic heterocycles. The third kappa shape index (κ3) is 6.70. The van der Waals surface area contributed by atoms with Gasteiger partial charge in [-0.1, -0.05) is 145 Å². The summed E-state index contributed by atoms with van der Waals surface area (Å²) in [6, 6.07) is 42.8. The maximum atomic E-state index is 5.38. The molecule has 0 saturated heterocycles. The van der Waals surface area contributed by atoms with Gasteiger partial charge >= 0.3 is 18.9 Å². The van der Waals surface area contributed by atoms with Crippen LogP contribution in [0.15, 0.2) is 121 Å². The second-order valence-electron chi connectivity index (χ2n) is 8.28. The van der Waals surface area contributed by atoms with Gasteiger partial charge in [-0.2, -0.15) is 0 Å². The molecule has 2 nitrogen and oxygen atoms in total. The van der Waals surface area contributed by atoms with E-state index in [4.69, 9.17) is 5.32 Å². The van der Waals surface area contributed by atoms with E-state index in [1.807, 2.05) is 0 Å². The minimum absolute atomic E-state index is 0. The fraction of sp³-hybridized carbons (Fsp3) is 0.200. The molecule has 4 rings (SSSR count). The van der Waals surface area contributed by atoms with Crippen LogP contribution in [-0.2, 0) is 0 Å². The first-order chi connectivity index (χ1) is 15.7. The summed E-state index contributed by atoms with van der Waals surface area (Å²) in [5.74, 6) is 0. The number of nitrogens with zero attached hydrogens (tertiary/aromatic N) is 1. The van der Waals surface area contributed by atoms with Gasteiger partial charge in [0.05, 0.1) is 0 Å². The molecule has 0 saturated carbocycles. The monoisotopic (exact) mass is 426 g/mol. The molecule has 0 spiro atoms. The summed E-state index contributed by atoms with van der Waals surface area (Å²) in [5.41, 5.74) is 4.97. The molecule has 0 amide bonds. The van der Waals surface area contributed by atoms with E-state index in [1.165, 1.54) is 22.3 Å². The van der Waals surface area contributed by atoms with Crippen molar-refractivity contribution < 1.29 is 18.9 Å². The minimum Gasteiger partial charge on any atom is -0.648 e. The Bertz CT molecular complexity index is 966. The predicted octanol–water partition coefficient (Wildman–Crippen LogP) is 4.96. The number of hydrogen-bond donors (Lipinski definition) is 1. The molecule has 4 aromatic rings. The fourth-order valence-corrected chi connectivity index (χ4v) is 4.21. The third-order valence-electron chi connectivity index (χ3n) is 6.01. The van der Waals surface area contributed by atoms with Crippen LogP contribution in [0.25, 0.3) is 5.32 Å². The Kier molecular flexibility index (Phi) is 9.55. The van der Waals surface area contributed by atoms with Crippen LogP contribution >= 0.6 is 0 Å². The van der Waals surface area contributed by atoms with Crippen molar-refractivity contribution in [2.45, 2.75) is 38.0 Å². The molecular formula is C30H31LiN2. The predicted molar refractivity (Wildman–Crippen MR) is 135 cm³/mol. The van der Waals surface area contributed by atoms with Crippen molar-refractivity contribution in [3.8, 4) is 0 Å². The van der Waals surface area contributed by atoms with E-state index in [0.717, 1.165) is 0 Å². The van der Waals surface area contributed by atoms with Crippen molar-refractivity contribution >= 4 is 0 Å². The van der Waals surface area contributed by atoms with Crippen LogP contribution in [-0.4, -0.2) is 0 Å². The molecule has 0 aliphatic heterocycles. The zero-order chi connectivity index (χ0) is 22.2. The molecule has 0 radical (unpaired) electrons. The van der Waals surface area contributed by atoms with Crippen molar-refractivity contribution in [3.05, 3.63) is 149 Å². The van der Waals surface area contributed by atoms with Crippen molar-refractivity contribution in [2.75, 3.05) is 0 Å². The fourth-order valence-electron chi connectivity index (χ4n) is 4.21. The van der Waals surface area contributed by atoms with E-state index in [-0.39, 0.29) is 43.0 Å². The first-order valence-corrected chi connectivity index (χ1v) is 11.4. The maximum absolute atomic E-state index is 5.38. The number of nitrogens with one attached hydrogen (secondary N) is 1. The summed E-state index contributed by atoms with van der Waals surface area (Å²) in [4.78, 5) is 0. The summed E-state index contributed by atoms with van der Waals surface area (Å²) >= 11 is 0. The topological polar surface area (TPSA) is 26.1 Å². The number of rotatable bonds is 9. The summed E-state index contributed by atoms with van der Waals surface area (Å²) in [5, 5.41) is 9.29. The molecule has 0 bridgehead atoms. The van der Waals surface area contributed by atoms with Gasteiger partial charge in [0.25, 0.3) is 0 Å². The normalized spacial score (nSPS) is 14.5. The van der Waals surface area contributed by atoms with Crippen LogP contribution < -0.4 is 24.2 Å². The minimum atomic E-state index is -0.0278. The summed E-state index contributed by atoms with van der Waals surface area (Å²) in [6.45, 7) is 4.42. The summed E-state index contributed by atoms with van der Waals surface area (Å²) in [7, 11) is 0. The molecule has 3 heteroatoms. The third-order valence-corrected chi connectivity index (χ3v) is 6.01. The summed E-state index contributed by atoms with van der Waals surface area (Å²) < 4.78 is 0. The van der Waals surface area contributed by atoms with Gasteiger partial charge in [-0.3, -0.25) is 0 Å². The van der Waals surface area contributed by atoms with Gasteiger partial charge in [-0.05, 0) is 18.1 Å². The molecule has 0 fully saturated rings. The molecule has 162 valence electrons. The van der Waals surface area contributed by atoms with Gasteiger partial charge in [0.15, 0.2) is 0 Å². The number of hydrogen-bond acceptors (Lipinski definition) is 1. The SMILES string of the molecule is C[C@@H]([N-][C@@H](c1ccccc1)[C@@H](N[C@H](C)c1ccccc1)c1ccccc1)c1ccccc1.[Li+]. The Labute approximate surface area is 210 Å². The second-order valence-corrected chi connectivity index (χ2v) is 8.28. The molecule has 4 atom stereocenters. The van der Waals surface area contributed by atoms with E-state index in [0.29, 0.717) is 0 Å². The first-order valence-electron chi connectivity index (χ1n) is 11.4. The van der Waals surface area contributed by atoms with Crippen molar-refractivity contribution in [1.82, 2.24) is 5.32 Å². The molecule has 33 heavy (non-hydrogen) atoms. The van der Waals surface area contributed by atoms with Gasteiger partial charge in [0.2, 0.25) is 0 Å². The van der Waals surface area contributed by atoms with Gasteiger partial charge < -0.3 is 10.6 Å². The van der Waals surface area contributed by atoms with Crippen LogP contribution in [0.2, 0.25) is 0 Å². The van der Waals surface area contributed by atoms with Crippen LogP contribution in [0.4, 0.5) is 0 Å². The Morgan fingerprint density at radius 1 is 0.515 bits per heavy atom. The number of benzene rings is 4. The van der Waals surface area contributed by atoms with E-state index < -0.39 is 0 Å². The van der Waals surface area contributed by atoms with Crippen LogP contribution in [0.3, 0.4) is 0 Å². The molecule has 0 heterocycles. The smallest absolute Gasteiger partial charge is 0.648 e. The molecule has 1 N–H and O–H groups in total. The molecular weight excluding hydrogens is 395 g/mol. The zero-order valence-corrected chi connectivity index (χ0v) is 19.8. The van der Waals surface area contributed by atoms with Gasteiger partial charge in [0, 0.05) is 12.1 Å². The molecule has 0 aliphatic rings. The maximum Gasteiger partial charge on any atom is 1.00 e. The quantitative estimate of drug-likeness (QED) is 0.376. The Morgan fingerprint density at radius 3 is 1.39 bits per heavy atom. The van der Waals surface area contributed by atoms with Gasteiger partial charge in [0.1, 0.15) is 0 Å². The Hall–Kier alpha value is -2.60. The summed E-state index contributed by atoms with van der Waals surface area (Å²) in [6.07, 6.45) is 0. The standard InChI is InChI=1S/C30H31N2.Li/c1-23(25-15-7-3-8-16-25)31-29(27-19-11-5-12-20-27)30(28-21-13-6-14-22-28)32-24(2)26-17-9-4-10-18-26;/h3-24,29-31H,1-2H3;/q-1;+1/t23-,24-,29+,30+;/m1./s1. The Balaban J connectivity index is 0.00000306. The zero-order valence-electron chi connectivity index (χ0n) is 19.8. The van der Waals surface area contributed by atoms with Crippen LogP contribution in [0.1, 0.15) is 60.3 Å². The van der Waals surface area contributed by atoms with E-state index >= 15 is 0 Å². The van der Waals surface area contributed by atoms with E-state index in [9.17, 15) is 0 Å². The average molecular weight is 427 g/mol. The van der Waals surface area contributed by atoms with Gasteiger partial charge in [-0.15, -0.1) is 6.04 Å². The van der Waals surface area contributed by atoms with Crippen LogP contribution in [0.5, 0.6) is 0 Å². The van der Waals surface area contributed by atoms with Crippen molar-refractivity contribution in [3.63, 3.8) is 0 Å². The van der Waals surface area contributed by atoms with E-state index in [1.54, 1.807) is 0 Å². The largest absolute Gasteiger partial charge is 1.00 e. The van der Waals surface area contributed by atoms with Crippen molar-refractivity contribution in [2.24, 2.45) is 0 Å². The molecule has 0 unspecified atom stereocenters.